The van der Waals surface area contributed by atoms with Crippen LogP contribution in [0.1, 0.15) is 42.2 Å². The van der Waals surface area contributed by atoms with E-state index in [-0.39, 0.29) is 17.7 Å². The lowest BCUT2D eigenvalue weighted by molar-refractivity contribution is -0.0891. The normalized spacial score (nSPS) is 21.0. The number of benzene rings is 1. The molecule has 1 aromatic carbocycles. The summed E-state index contributed by atoms with van der Waals surface area (Å²) in [6.45, 7) is 5.29. The summed E-state index contributed by atoms with van der Waals surface area (Å²) in [7, 11) is 1.66. The molecule has 0 radical (unpaired) electrons. The molecule has 2 aliphatic rings. The zero-order valence-electron chi connectivity index (χ0n) is 16.5. The average molecular weight is 419 g/mol. The Morgan fingerprint density at radius 1 is 1.28 bits per heavy atom. The summed E-state index contributed by atoms with van der Waals surface area (Å²) >= 11 is 6.24. The Bertz CT molecular complexity index is 1030. The van der Waals surface area contributed by atoms with Crippen LogP contribution in [-0.2, 0) is 9.47 Å². The maximum atomic E-state index is 12.4. The molecule has 0 bridgehead atoms. The minimum atomic E-state index is -1.25. The van der Waals surface area contributed by atoms with Gasteiger partial charge in [0, 0.05) is 43.2 Å². The van der Waals surface area contributed by atoms with E-state index in [0.29, 0.717) is 23.9 Å². The van der Waals surface area contributed by atoms with Crippen LogP contribution in [0.5, 0.6) is 0 Å². The van der Waals surface area contributed by atoms with Gasteiger partial charge in [-0.15, -0.1) is 0 Å². The van der Waals surface area contributed by atoms with E-state index in [1.807, 2.05) is 32.0 Å². The highest BCUT2D eigenvalue weighted by Gasteiger charge is 2.59. The summed E-state index contributed by atoms with van der Waals surface area (Å²) in [5, 5.41) is 12.1. The number of aromatic carboxylic acids is 1. The van der Waals surface area contributed by atoms with Crippen molar-refractivity contribution in [3.63, 3.8) is 0 Å². The van der Waals surface area contributed by atoms with Gasteiger partial charge >= 0.3 is 5.97 Å². The largest absolute Gasteiger partial charge is 0.477 e. The first-order valence-corrected chi connectivity index (χ1v) is 9.85. The predicted molar refractivity (Wildman–Crippen MR) is 109 cm³/mol. The number of pyridine rings is 1. The Morgan fingerprint density at radius 2 is 2.03 bits per heavy atom. The van der Waals surface area contributed by atoms with Crippen molar-refractivity contribution in [2.24, 2.45) is 0 Å². The standard InChI is InChI=1S/C21H23ClN2O5/c1-21(2)19(29-8-4-7-28-3)18-13-6-5-12(22)9-14(13)16-10-17(25)15(20(26)27)11-23(16)24(18)21/h5-6,9-11,18-19H,4,7-8H2,1-3H3,(H,26,27). The molecule has 154 valence electrons. The van der Waals surface area contributed by atoms with Gasteiger partial charge in [0.05, 0.1) is 11.2 Å². The van der Waals surface area contributed by atoms with Crippen LogP contribution in [0.3, 0.4) is 0 Å². The van der Waals surface area contributed by atoms with Crippen LogP contribution in [0.4, 0.5) is 0 Å². The Morgan fingerprint density at radius 3 is 2.72 bits per heavy atom. The molecule has 0 amide bonds. The smallest absolute Gasteiger partial charge is 0.341 e. The number of carboxylic acids is 1. The van der Waals surface area contributed by atoms with Gasteiger partial charge in [0.2, 0.25) is 0 Å². The molecule has 2 unspecified atom stereocenters. The van der Waals surface area contributed by atoms with Crippen molar-refractivity contribution in [3.05, 3.63) is 56.8 Å². The SMILES string of the molecule is COCCCOC1C2c3ccc(Cl)cc3-c3cc(=O)c(C(=O)O)cn3N2C1(C)C. The lowest BCUT2D eigenvalue weighted by atomic mass is 9.73. The number of hydrogen-bond acceptors (Lipinski definition) is 5. The third-order valence-electron chi connectivity index (χ3n) is 5.73. The van der Waals surface area contributed by atoms with E-state index in [4.69, 9.17) is 21.1 Å². The minimum Gasteiger partial charge on any atom is -0.477 e. The van der Waals surface area contributed by atoms with E-state index in [9.17, 15) is 14.7 Å². The van der Waals surface area contributed by atoms with Crippen LogP contribution in [0.15, 0.2) is 35.3 Å². The second kappa shape index (κ2) is 7.16. The fraction of sp³-hybridized carbons (Fsp3) is 0.429. The Labute approximate surface area is 173 Å². The molecule has 29 heavy (non-hydrogen) atoms. The summed E-state index contributed by atoms with van der Waals surface area (Å²) in [6.07, 6.45) is 2.08. The van der Waals surface area contributed by atoms with Gasteiger partial charge < -0.3 is 14.6 Å². The topological polar surface area (TPSA) is 81.0 Å². The summed E-state index contributed by atoms with van der Waals surface area (Å²) in [4.78, 5) is 23.9. The number of carbonyl (C=O) groups is 1. The summed E-state index contributed by atoms with van der Waals surface area (Å²) < 4.78 is 13.1. The van der Waals surface area contributed by atoms with Gasteiger partial charge in [0.25, 0.3) is 0 Å². The van der Waals surface area contributed by atoms with E-state index < -0.39 is 16.9 Å². The quantitative estimate of drug-likeness (QED) is 0.726. The second-order valence-electron chi connectivity index (χ2n) is 7.90. The molecule has 1 saturated heterocycles. The number of carboxylic acid groups (broad SMARTS) is 1. The van der Waals surface area contributed by atoms with Crippen molar-refractivity contribution in [2.45, 2.75) is 38.0 Å². The molecule has 1 fully saturated rings. The predicted octanol–water partition coefficient (Wildman–Crippen LogP) is 3.07. The van der Waals surface area contributed by atoms with Crippen LogP contribution in [0.2, 0.25) is 5.02 Å². The van der Waals surface area contributed by atoms with E-state index in [1.165, 1.54) is 12.3 Å². The first-order valence-electron chi connectivity index (χ1n) is 9.47. The van der Waals surface area contributed by atoms with Crippen molar-refractivity contribution < 1.29 is 19.4 Å². The van der Waals surface area contributed by atoms with Crippen molar-refractivity contribution in [1.29, 1.82) is 0 Å². The molecule has 0 saturated carbocycles. The van der Waals surface area contributed by atoms with Crippen molar-refractivity contribution in [1.82, 2.24) is 4.68 Å². The van der Waals surface area contributed by atoms with Gasteiger partial charge in [-0.1, -0.05) is 17.7 Å². The molecule has 1 N–H and O–H groups in total. The number of fused-ring (bicyclic) bond motifs is 6. The summed E-state index contributed by atoms with van der Waals surface area (Å²) in [5.41, 5.74) is 1.24. The Kier molecular flexibility index (Phi) is 4.93. The maximum Gasteiger partial charge on any atom is 0.341 e. The van der Waals surface area contributed by atoms with Crippen molar-refractivity contribution in [3.8, 4) is 11.3 Å². The van der Waals surface area contributed by atoms with Gasteiger partial charge in [0.15, 0.2) is 5.43 Å². The van der Waals surface area contributed by atoms with E-state index in [1.54, 1.807) is 11.8 Å². The number of halogens is 1. The van der Waals surface area contributed by atoms with Crippen molar-refractivity contribution >= 4 is 17.6 Å². The first kappa shape index (κ1) is 19.9. The van der Waals surface area contributed by atoms with Gasteiger partial charge in [-0.3, -0.25) is 14.5 Å². The van der Waals surface area contributed by atoms with Gasteiger partial charge in [-0.25, -0.2) is 4.79 Å². The van der Waals surface area contributed by atoms with Crippen LogP contribution in [0, 0.1) is 0 Å². The molecule has 0 aliphatic carbocycles. The molecule has 1 aromatic heterocycles. The van der Waals surface area contributed by atoms with Crippen LogP contribution in [0.25, 0.3) is 11.3 Å². The monoisotopic (exact) mass is 418 g/mol. The highest BCUT2D eigenvalue weighted by molar-refractivity contribution is 6.30. The zero-order valence-corrected chi connectivity index (χ0v) is 17.3. The lowest BCUT2D eigenvalue weighted by Gasteiger charge is -2.64. The molecular weight excluding hydrogens is 396 g/mol. The molecular formula is C21H23ClN2O5. The van der Waals surface area contributed by atoms with Crippen LogP contribution >= 0.6 is 11.6 Å². The molecule has 3 heterocycles. The lowest BCUT2D eigenvalue weighted by Crippen LogP contribution is -2.75. The molecule has 7 nitrogen and oxygen atoms in total. The van der Waals surface area contributed by atoms with E-state index >= 15 is 0 Å². The number of rotatable bonds is 6. The fourth-order valence-electron chi connectivity index (χ4n) is 4.41. The highest BCUT2D eigenvalue weighted by atomic mass is 35.5. The summed E-state index contributed by atoms with van der Waals surface area (Å²) in [6, 6.07) is 6.85. The maximum absolute atomic E-state index is 12.4. The van der Waals surface area contributed by atoms with Gasteiger partial charge in [-0.2, -0.15) is 0 Å². The molecule has 0 spiro atoms. The van der Waals surface area contributed by atoms with Crippen molar-refractivity contribution in [2.75, 3.05) is 25.3 Å². The number of ether oxygens (including phenoxy) is 2. The Balaban J connectivity index is 1.83. The number of methoxy groups -OCH3 is 1. The zero-order chi connectivity index (χ0) is 20.9. The number of hydrogen-bond donors (Lipinski definition) is 1. The first-order chi connectivity index (χ1) is 13.8. The van der Waals surface area contributed by atoms with Crippen LogP contribution in [-0.4, -0.2) is 47.7 Å². The second-order valence-corrected chi connectivity index (χ2v) is 8.34. The third kappa shape index (κ3) is 3.04. The highest BCUT2D eigenvalue weighted by Crippen LogP contribution is 2.52. The van der Waals surface area contributed by atoms with Gasteiger partial charge in [-0.05, 0) is 38.0 Å². The summed E-state index contributed by atoms with van der Waals surface area (Å²) in [5.74, 6) is -1.25. The molecule has 2 aromatic rings. The third-order valence-corrected chi connectivity index (χ3v) is 5.97. The van der Waals surface area contributed by atoms with E-state index in [2.05, 4.69) is 5.01 Å². The molecule has 2 atom stereocenters. The molecule has 4 rings (SSSR count). The number of nitrogens with zero attached hydrogens (tertiary/aromatic N) is 2. The fourth-order valence-corrected chi connectivity index (χ4v) is 4.58. The average Bonchev–Trinajstić information content (AvgIpc) is 2.66. The van der Waals surface area contributed by atoms with E-state index in [0.717, 1.165) is 17.5 Å². The number of aromatic nitrogens is 1. The van der Waals surface area contributed by atoms with Gasteiger partial charge in [0.1, 0.15) is 17.7 Å². The molecule has 8 heteroatoms. The Hall–Kier alpha value is -2.35. The minimum absolute atomic E-state index is 0.111. The van der Waals surface area contributed by atoms with Crippen LogP contribution < -0.4 is 10.4 Å². The molecule has 2 aliphatic heterocycles.